The molecule has 1 aliphatic rings. The quantitative estimate of drug-likeness (QED) is 0.884. The number of rotatable bonds is 5. The van der Waals surface area contributed by atoms with Crippen LogP contribution in [-0.2, 0) is 17.6 Å². The van der Waals surface area contributed by atoms with Crippen LogP contribution >= 0.6 is 0 Å². The van der Waals surface area contributed by atoms with Gasteiger partial charge < -0.3 is 9.84 Å². The lowest BCUT2D eigenvalue weighted by Crippen LogP contribution is -2.17. The predicted octanol–water partition coefficient (Wildman–Crippen LogP) is 3.45. The number of hydrogen-bond acceptors (Lipinski definition) is 2. The molecule has 1 N–H and O–H groups in total. The van der Waals surface area contributed by atoms with Crippen molar-refractivity contribution in [3.63, 3.8) is 0 Å². The number of fused-ring (bicyclic) bond motifs is 1. The van der Waals surface area contributed by atoms with Gasteiger partial charge in [0.1, 0.15) is 5.75 Å². The molecule has 0 aromatic heterocycles. The van der Waals surface area contributed by atoms with Crippen molar-refractivity contribution in [2.75, 3.05) is 6.61 Å². The van der Waals surface area contributed by atoms with Crippen LogP contribution in [0.5, 0.6) is 5.75 Å². The molecule has 1 aromatic carbocycles. The molecule has 0 aliphatic carbocycles. The molecule has 104 valence electrons. The summed E-state index contributed by atoms with van der Waals surface area (Å²) in [5, 5.41) is 8.89. The predicted molar refractivity (Wildman–Crippen MR) is 74.6 cm³/mol. The standard InChI is InChI=1S/C16H22O3/c1-16(2,11-15(17)18)8-7-12-5-6-14-13(10-12)4-3-9-19-14/h5-6,10H,3-4,7-9,11H2,1-2H3,(H,17,18). The molecule has 1 aromatic rings. The maximum absolute atomic E-state index is 10.8. The molecule has 0 atom stereocenters. The Morgan fingerprint density at radius 3 is 2.95 bits per heavy atom. The van der Waals surface area contributed by atoms with E-state index >= 15 is 0 Å². The molecule has 0 bridgehead atoms. The summed E-state index contributed by atoms with van der Waals surface area (Å²) in [6.45, 7) is 4.85. The molecular formula is C16H22O3. The highest BCUT2D eigenvalue weighted by Gasteiger charge is 2.21. The number of aliphatic carboxylic acids is 1. The van der Waals surface area contributed by atoms with Crippen molar-refractivity contribution in [1.29, 1.82) is 0 Å². The highest BCUT2D eigenvalue weighted by atomic mass is 16.5. The first-order chi connectivity index (χ1) is 8.96. The Balaban J connectivity index is 1.98. The lowest BCUT2D eigenvalue weighted by atomic mass is 9.83. The number of ether oxygens (including phenoxy) is 1. The third-order valence-electron chi connectivity index (χ3n) is 3.69. The maximum Gasteiger partial charge on any atom is 0.303 e. The number of carboxylic acid groups (broad SMARTS) is 1. The van der Waals surface area contributed by atoms with Gasteiger partial charge in [-0.2, -0.15) is 0 Å². The Morgan fingerprint density at radius 1 is 1.42 bits per heavy atom. The molecule has 1 heterocycles. The zero-order valence-electron chi connectivity index (χ0n) is 11.7. The third kappa shape index (κ3) is 3.98. The van der Waals surface area contributed by atoms with Crippen LogP contribution in [0, 0.1) is 5.41 Å². The average molecular weight is 262 g/mol. The lowest BCUT2D eigenvalue weighted by molar-refractivity contribution is -0.139. The number of carboxylic acids is 1. The van der Waals surface area contributed by atoms with E-state index in [0.717, 1.165) is 38.0 Å². The molecule has 1 aliphatic heterocycles. The van der Waals surface area contributed by atoms with E-state index in [9.17, 15) is 4.79 Å². The van der Waals surface area contributed by atoms with Crippen LogP contribution in [0.15, 0.2) is 18.2 Å². The summed E-state index contributed by atoms with van der Waals surface area (Å²) in [6.07, 6.45) is 4.20. The number of aryl methyl sites for hydroxylation is 2. The number of carbonyl (C=O) groups is 1. The summed E-state index contributed by atoms with van der Waals surface area (Å²) in [6, 6.07) is 6.36. The summed E-state index contributed by atoms with van der Waals surface area (Å²) in [4.78, 5) is 10.8. The maximum atomic E-state index is 10.8. The second kappa shape index (κ2) is 5.64. The zero-order valence-corrected chi connectivity index (χ0v) is 11.7. The minimum absolute atomic E-state index is 0.155. The van der Waals surface area contributed by atoms with E-state index in [4.69, 9.17) is 9.84 Å². The minimum atomic E-state index is -0.719. The third-order valence-corrected chi connectivity index (χ3v) is 3.69. The highest BCUT2D eigenvalue weighted by molar-refractivity contribution is 5.67. The van der Waals surface area contributed by atoms with E-state index in [2.05, 4.69) is 12.1 Å². The molecular weight excluding hydrogens is 240 g/mol. The molecule has 3 heteroatoms. The monoisotopic (exact) mass is 262 g/mol. The van der Waals surface area contributed by atoms with E-state index in [-0.39, 0.29) is 11.8 Å². The van der Waals surface area contributed by atoms with Gasteiger partial charge in [0, 0.05) is 0 Å². The fourth-order valence-corrected chi connectivity index (χ4v) is 2.55. The Labute approximate surface area is 114 Å². The molecule has 19 heavy (non-hydrogen) atoms. The van der Waals surface area contributed by atoms with Crippen LogP contribution in [0.4, 0.5) is 0 Å². The van der Waals surface area contributed by atoms with E-state index in [1.165, 1.54) is 11.1 Å². The van der Waals surface area contributed by atoms with Gasteiger partial charge in [0.25, 0.3) is 0 Å². The van der Waals surface area contributed by atoms with Gasteiger partial charge in [-0.1, -0.05) is 26.0 Å². The van der Waals surface area contributed by atoms with Crippen molar-refractivity contribution in [3.05, 3.63) is 29.3 Å². The van der Waals surface area contributed by atoms with Gasteiger partial charge in [-0.15, -0.1) is 0 Å². The molecule has 0 fully saturated rings. The van der Waals surface area contributed by atoms with Crippen molar-refractivity contribution >= 4 is 5.97 Å². The van der Waals surface area contributed by atoms with Gasteiger partial charge >= 0.3 is 5.97 Å². The summed E-state index contributed by atoms with van der Waals surface area (Å²) >= 11 is 0. The minimum Gasteiger partial charge on any atom is -0.493 e. The van der Waals surface area contributed by atoms with Gasteiger partial charge in [-0.3, -0.25) is 4.79 Å². The van der Waals surface area contributed by atoms with Gasteiger partial charge in [0.15, 0.2) is 0 Å². The molecule has 0 unspecified atom stereocenters. The largest absolute Gasteiger partial charge is 0.493 e. The number of hydrogen-bond donors (Lipinski definition) is 1. The second-order valence-corrected chi connectivity index (χ2v) is 6.13. The van der Waals surface area contributed by atoms with Crippen LogP contribution in [0.1, 0.15) is 44.2 Å². The first-order valence-corrected chi connectivity index (χ1v) is 6.93. The topological polar surface area (TPSA) is 46.5 Å². The van der Waals surface area contributed by atoms with E-state index < -0.39 is 5.97 Å². The fourth-order valence-electron chi connectivity index (χ4n) is 2.55. The Hall–Kier alpha value is -1.51. The van der Waals surface area contributed by atoms with Crippen molar-refractivity contribution < 1.29 is 14.6 Å². The van der Waals surface area contributed by atoms with Crippen LogP contribution in [-0.4, -0.2) is 17.7 Å². The summed E-state index contributed by atoms with van der Waals surface area (Å²) in [5.41, 5.74) is 2.42. The molecule has 2 rings (SSSR count). The van der Waals surface area contributed by atoms with Crippen molar-refractivity contribution in [2.24, 2.45) is 5.41 Å². The van der Waals surface area contributed by atoms with Crippen LogP contribution in [0.3, 0.4) is 0 Å². The zero-order chi connectivity index (χ0) is 13.9. The Bertz CT molecular complexity index is 463. The smallest absolute Gasteiger partial charge is 0.303 e. The molecule has 0 saturated heterocycles. The molecule has 0 spiro atoms. The van der Waals surface area contributed by atoms with Crippen LogP contribution < -0.4 is 4.74 Å². The second-order valence-electron chi connectivity index (χ2n) is 6.13. The fraction of sp³-hybridized carbons (Fsp3) is 0.562. The molecule has 0 amide bonds. The van der Waals surface area contributed by atoms with Crippen LogP contribution in [0.25, 0.3) is 0 Å². The first-order valence-electron chi connectivity index (χ1n) is 6.93. The van der Waals surface area contributed by atoms with E-state index in [1.807, 2.05) is 19.9 Å². The van der Waals surface area contributed by atoms with Gasteiger partial charge in [0.2, 0.25) is 0 Å². The van der Waals surface area contributed by atoms with Crippen molar-refractivity contribution in [2.45, 2.75) is 46.0 Å². The summed E-state index contributed by atoms with van der Waals surface area (Å²) in [7, 11) is 0. The molecule has 3 nitrogen and oxygen atoms in total. The Morgan fingerprint density at radius 2 is 2.21 bits per heavy atom. The lowest BCUT2D eigenvalue weighted by Gasteiger charge is -2.23. The first kappa shape index (κ1) is 13.9. The SMILES string of the molecule is CC(C)(CCc1ccc2c(c1)CCCO2)CC(=O)O. The van der Waals surface area contributed by atoms with Crippen molar-refractivity contribution in [3.8, 4) is 5.75 Å². The Kier molecular flexibility index (Phi) is 4.13. The van der Waals surface area contributed by atoms with Gasteiger partial charge in [-0.25, -0.2) is 0 Å². The van der Waals surface area contributed by atoms with Crippen LogP contribution in [0.2, 0.25) is 0 Å². The molecule has 0 saturated carbocycles. The van der Waals surface area contributed by atoms with Gasteiger partial charge in [-0.05, 0) is 48.3 Å². The normalized spacial score (nSPS) is 14.6. The van der Waals surface area contributed by atoms with Gasteiger partial charge in [0.05, 0.1) is 13.0 Å². The number of benzene rings is 1. The highest BCUT2D eigenvalue weighted by Crippen LogP contribution is 2.30. The van der Waals surface area contributed by atoms with E-state index in [0.29, 0.717) is 0 Å². The average Bonchev–Trinajstić information content (AvgIpc) is 2.35. The summed E-state index contributed by atoms with van der Waals surface area (Å²) in [5.74, 6) is 0.295. The molecule has 0 radical (unpaired) electrons. The summed E-state index contributed by atoms with van der Waals surface area (Å²) < 4.78 is 5.60. The van der Waals surface area contributed by atoms with E-state index in [1.54, 1.807) is 0 Å². The van der Waals surface area contributed by atoms with Crippen molar-refractivity contribution in [1.82, 2.24) is 0 Å².